The Morgan fingerprint density at radius 3 is 2.30 bits per heavy atom. The first-order valence-corrected chi connectivity index (χ1v) is 14.8. The number of phenolic OH excluding ortho intramolecular Hbond substituents is 1. The van der Waals surface area contributed by atoms with E-state index in [2.05, 4.69) is 10.6 Å². The van der Waals surface area contributed by atoms with Gasteiger partial charge in [-0.05, 0) is 78.8 Å². The number of nitrogens with one attached hydrogen (secondary N) is 2. The topological polar surface area (TPSA) is 125 Å². The molecule has 0 spiro atoms. The lowest BCUT2D eigenvalue weighted by atomic mass is 9.98. The molecule has 5 rings (SSSR count). The number of para-hydroxylation sites is 1. The summed E-state index contributed by atoms with van der Waals surface area (Å²) in [5.41, 5.74) is 11.3. The molecule has 4 aromatic rings. The van der Waals surface area contributed by atoms with Crippen LogP contribution in [-0.2, 0) is 29.1 Å². The van der Waals surface area contributed by atoms with Crippen molar-refractivity contribution >= 4 is 23.4 Å². The molecule has 0 fully saturated rings. The summed E-state index contributed by atoms with van der Waals surface area (Å²) >= 11 is 0. The molecule has 1 heterocycles. The third kappa shape index (κ3) is 7.51. The van der Waals surface area contributed by atoms with Gasteiger partial charge in [0.1, 0.15) is 11.8 Å². The Morgan fingerprint density at radius 1 is 0.909 bits per heavy atom. The van der Waals surface area contributed by atoms with Crippen LogP contribution in [0.1, 0.15) is 53.7 Å². The minimum absolute atomic E-state index is 0.126. The van der Waals surface area contributed by atoms with Gasteiger partial charge in [0.15, 0.2) is 0 Å². The van der Waals surface area contributed by atoms with E-state index in [0.29, 0.717) is 31.5 Å². The Bertz CT molecular complexity index is 1640. The molecule has 0 radical (unpaired) electrons. The van der Waals surface area contributed by atoms with Gasteiger partial charge in [0.2, 0.25) is 11.8 Å². The standard InChI is InChI=1S/C36H38N4O4/c1-36(2,37)21-33(42)39-31-20-17-27-7-3-6-10-32(27)40(35(31)44)23-25-11-15-26(16-12-25)29-8-4-5-9-30(29)34(43)38-22-24-13-18-28(41)19-14-24/h3-16,18-19,31,41H,17,20-23,37H2,1-2H3,(H,38,43)(H,39,42)/t31-/m1/s1. The molecule has 0 bridgehead atoms. The second-order valence-corrected chi connectivity index (χ2v) is 12.0. The summed E-state index contributed by atoms with van der Waals surface area (Å²) in [5.74, 6) is -0.415. The van der Waals surface area contributed by atoms with Gasteiger partial charge in [0.25, 0.3) is 5.91 Å². The molecule has 1 aliphatic heterocycles. The van der Waals surface area contributed by atoms with E-state index in [0.717, 1.165) is 33.5 Å². The number of phenols is 1. The van der Waals surface area contributed by atoms with Gasteiger partial charge in [-0.25, -0.2) is 0 Å². The van der Waals surface area contributed by atoms with E-state index in [-0.39, 0.29) is 29.9 Å². The molecule has 226 valence electrons. The lowest BCUT2D eigenvalue weighted by Crippen LogP contribution is -2.49. The summed E-state index contributed by atoms with van der Waals surface area (Å²) in [6.07, 6.45) is 1.30. The fraction of sp³-hybridized carbons (Fsp3) is 0.250. The number of aromatic hydroxyl groups is 1. The minimum Gasteiger partial charge on any atom is -0.508 e. The van der Waals surface area contributed by atoms with Crippen molar-refractivity contribution in [3.8, 4) is 16.9 Å². The summed E-state index contributed by atoms with van der Waals surface area (Å²) < 4.78 is 0. The zero-order valence-electron chi connectivity index (χ0n) is 25.0. The van der Waals surface area contributed by atoms with Crippen molar-refractivity contribution in [3.05, 3.63) is 119 Å². The van der Waals surface area contributed by atoms with Crippen LogP contribution in [-0.4, -0.2) is 34.4 Å². The molecule has 44 heavy (non-hydrogen) atoms. The molecule has 0 unspecified atom stereocenters. The predicted octanol–water partition coefficient (Wildman–Crippen LogP) is 5.08. The normalized spacial score (nSPS) is 14.8. The number of amides is 3. The molecule has 0 aromatic heterocycles. The van der Waals surface area contributed by atoms with Crippen LogP contribution in [0.2, 0.25) is 0 Å². The van der Waals surface area contributed by atoms with Crippen LogP contribution in [0.3, 0.4) is 0 Å². The molecule has 8 nitrogen and oxygen atoms in total. The number of carbonyl (C=O) groups excluding carboxylic acids is 3. The molecule has 8 heteroatoms. The number of fused-ring (bicyclic) bond motifs is 1. The number of aryl methyl sites for hydroxylation is 1. The van der Waals surface area contributed by atoms with Crippen LogP contribution in [0.5, 0.6) is 5.75 Å². The number of carbonyl (C=O) groups is 3. The zero-order valence-corrected chi connectivity index (χ0v) is 25.0. The number of nitrogens with zero attached hydrogens (tertiary/aromatic N) is 1. The lowest BCUT2D eigenvalue weighted by Gasteiger charge is -2.27. The first kappa shape index (κ1) is 30.5. The molecule has 0 saturated heterocycles. The Labute approximate surface area is 257 Å². The van der Waals surface area contributed by atoms with Gasteiger partial charge >= 0.3 is 0 Å². The van der Waals surface area contributed by atoms with Crippen molar-refractivity contribution in [1.29, 1.82) is 0 Å². The van der Waals surface area contributed by atoms with E-state index in [9.17, 15) is 19.5 Å². The summed E-state index contributed by atoms with van der Waals surface area (Å²) in [5, 5.41) is 15.4. The Kier molecular flexibility index (Phi) is 9.11. The number of anilines is 1. The number of rotatable bonds is 9. The molecule has 5 N–H and O–H groups in total. The molecule has 1 atom stereocenters. The van der Waals surface area contributed by atoms with Crippen molar-refractivity contribution in [2.45, 2.75) is 57.8 Å². The molecule has 4 aromatic carbocycles. The van der Waals surface area contributed by atoms with Gasteiger partial charge < -0.3 is 26.4 Å². The van der Waals surface area contributed by atoms with E-state index in [1.165, 1.54) is 0 Å². The third-order valence-corrected chi connectivity index (χ3v) is 7.67. The Hall–Kier alpha value is -4.95. The first-order valence-electron chi connectivity index (χ1n) is 14.8. The molecule has 3 amide bonds. The Balaban J connectivity index is 1.33. The average molecular weight is 591 g/mol. The van der Waals surface area contributed by atoms with Gasteiger partial charge in [0, 0.05) is 29.8 Å². The van der Waals surface area contributed by atoms with E-state index in [1.54, 1.807) is 49.1 Å². The minimum atomic E-state index is -0.672. The molecule has 1 aliphatic rings. The molecule has 0 saturated carbocycles. The number of hydrogen-bond donors (Lipinski definition) is 4. The maximum absolute atomic E-state index is 13.8. The summed E-state index contributed by atoms with van der Waals surface area (Å²) in [7, 11) is 0. The van der Waals surface area contributed by atoms with E-state index >= 15 is 0 Å². The summed E-state index contributed by atoms with van der Waals surface area (Å²) in [6.45, 7) is 4.24. The van der Waals surface area contributed by atoms with Gasteiger partial charge in [-0.2, -0.15) is 0 Å². The number of benzene rings is 4. The molecule has 0 aliphatic carbocycles. The van der Waals surface area contributed by atoms with E-state index in [4.69, 9.17) is 5.73 Å². The van der Waals surface area contributed by atoms with E-state index < -0.39 is 11.6 Å². The van der Waals surface area contributed by atoms with Gasteiger partial charge in [0.05, 0.1) is 6.54 Å². The second kappa shape index (κ2) is 13.1. The SMILES string of the molecule is CC(C)(N)CC(=O)N[C@@H]1CCc2ccccc2N(Cc2ccc(-c3ccccc3C(=O)NCc3ccc(O)cc3)cc2)C1=O. The largest absolute Gasteiger partial charge is 0.508 e. The van der Waals surface area contributed by atoms with Gasteiger partial charge in [-0.1, -0.05) is 72.8 Å². The van der Waals surface area contributed by atoms with Crippen molar-refractivity contribution in [2.24, 2.45) is 5.73 Å². The fourth-order valence-electron chi connectivity index (χ4n) is 5.47. The average Bonchev–Trinajstić information content (AvgIpc) is 3.12. The van der Waals surface area contributed by atoms with Crippen LogP contribution in [0.15, 0.2) is 97.1 Å². The van der Waals surface area contributed by atoms with Crippen LogP contribution < -0.4 is 21.3 Å². The van der Waals surface area contributed by atoms with E-state index in [1.807, 2.05) is 66.7 Å². The van der Waals surface area contributed by atoms with Crippen LogP contribution >= 0.6 is 0 Å². The highest BCUT2D eigenvalue weighted by atomic mass is 16.3. The highest BCUT2D eigenvalue weighted by Crippen LogP contribution is 2.30. The zero-order chi connectivity index (χ0) is 31.3. The lowest BCUT2D eigenvalue weighted by molar-refractivity contribution is -0.128. The Morgan fingerprint density at radius 2 is 1.57 bits per heavy atom. The van der Waals surface area contributed by atoms with Crippen LogP contribution in [0, 0.1) is 0 Å². The maximum Gasteiger partial charge on any atom is 0.252 e. The number of hydrogen-bond acceptors (Lipinski definition) is 5. The quantitative estimate of drug-likeness (QED) is 0.216. The predicted molar refractivity (Wildman–Crippen MR) is 172 cm³/mol. The first-order chi connectivity index (χ1) is 21.1. The smallest absolute Gasteiger partial charge is 0.252 e. The van der Waals surface area contributed by atoms with Crippen LogP contribution in [0.4, 0.5) is 5.69 Å². The third-order valence-electron chi connectivity index (χ3n) is 7.67. The fourth-order valence-corrected chi connectivity index (χ4v) is 5.47. The highest BCUT2D eigenvalue weighted by Gasteiger charge is 2.32. The van der Waals surface area contributed by atoms with Crippen molar-refractivity contribution < 1.29 is 19.5 Å². The molecular formula is C36H38N4O4. The van der Waals surface area contributed by atoms with Crippen molar-refractivity contribution in [1.82, 2.24) is 10.6 Å². The monoisotopic (exact) mass is 590 g/mol. The van der Waals surface area contributed by atoms with Gasteiger partial charge in [-0.15, -0.1) is 0 Å². The summed E-state index contributed by atoms with van der Waals surface area (Å²) in [4.78, 5) is 41.4. The summed E-state index contributed by atoms with van der Waals surface area (Å²) in [6, 6.07) is 29.2. The van der Waals surface area contributed by atoms with Crippen molar-refractivity contribution in [3.63, 3.8) is 0 Å². The maximum atomic E-state index is 13.8. The van der Waals surface area contributed by atoms with Gasteiger partial charge in [-0.3, -0.25) is 14.4 Å². The second-order valence-electron chi connectivity index (χ2n) is 12.0. The highest BCUT2D eigenvalue weighted by molar-refractivity contribution is 6.01. The molecular weight excluding hydrogens is 552 g/mol. The number of nitrogens with two attached hydrogens (primary N) is 1. The van der Waals surface area contributed by atoms with Crippen molar-refractivity contribution in [2.75, 3.05) is 4.90 Å². The van der Waals surface area contributed by atoms with Crippen LogP contribution in [0.25, 0.3) is 11.1 Å².